The van der Waals surface area contributed by atoms with Crippen LogP contribution >= 0.6 is 0 Å². The third-order valence-corrected chi connectivity index (χ3v) is 14.2. The number of esters is 4. The van der Waals surface area contributed by atoms with Gasteiger partial charge in [-0.25, -0.2) is 14.4 Å². The van der Waals surface area contributed by atoms with Gasteiger partial charge in [-0.15, -0.1) is 0 Å². The van der Waals surface area contributed by atoms with Crippen molar-refractivity contribution in [3.63, 3.8) is 0 Å². The molecule has 1 N–H and O–H groups in total. The molecule has 0 radical (unpaired) electrons. The molecule has 0 amide bonds. The van der Waals surface area contributed by atoms with Gasteiger partial charge in [0.1, 0.15) is 55.1 Å². The van der Waals surface area contributed by atoms with Crippen LogP contribution in [0.15, 0.2) is 11.6 Å². The van der Waals surface area contributed by atoms with E-state index in [-0.39, 0.29) is 70.2 Å². The van der Waals surface area contributed by atoms with Crippen LogP contribution in [0.3, 0.4) is 0 Å². The molecule has 3 fully saturated rings. The number of fused-ring (bicyclic) bond motifs is 5. The standard InChI is InChI=1S/C44H68O14/c1-13-52-23-34(48)55-29-20-28-27(40(7,8)38(29)57-36(50)25-54-15-3)16-17-31-41(9)21-30(56-35(49)24-53-14-2)37(42(41,10)22-33(47)43(28,31)11)44(12,51)32(46)18-19-39(5,6)58-26(4)45/h16,28-31,37-38,51H,13-15,17-25H2,1-12H3/t28-,29+,30-,31+,37?,38-,41+,42-,43+,44+/m1/s1. The minimum absolute atomic E-state index is 0.0329. The predicted octanol–water partition coefficient (Wildman–Crippen LogP) is 5.28. The van der Waals surface area contributed by atoms with Gasteiger partial charge in [0.15, 0.2) is 5.78 Å². The van der Waals surface area contributed by atoms with Gasteiger partial charge in [-0.3, -0.25) is 14.4 Å². The highest BCUT2D eigenvalue weighted by Crippen LogP contribution is 2.74. The van der Waals surface area contributed by atoms with E-state index in [1.165, 1.54) is 13.8 Å². The van der Waals surface area contributed by atoms with Crippen molar-refractivity contribution < 1.29 is 67.0 Å². The highest BCUT2D eigenvalue weighted by Gasteiger charge is 2.75. The third kappa shape index (κ3) is 8.95. The molecule has 0 aliphatic heterocycles. The summed E-state index contributed by atoms with van der Waals surface area (Å²) in [6.07, 6.45) is 0.227. The van der Waals surface area contributed by atoms with Crippen LogP contribution in [0.4, 0.5) is 0 Å². The van der Waals surface area contributed by atoms with Crippen molar-refractivity contribution in [3.05, 3.63) is 11.6 Å². The molecule has 0 bridgehead atoms. The second-order valence-electron chi connectivity index (χ2n) is 18.7. The van der Waals surface area contributed by atoms with Crippen molar-refractivity contribution in [2.45, 2.75) is 151 Å². The Kier molecular flexibility index (Phi) is 14.6. The van der Waals surface area contributed by atoms with E-state index >= 15 is 4.79 Å². The molecule has 0 aromatic carbocycles. The molecular formula is C44H68O14. The van der Waals surface area contributed by atoms with Crippen LogP contribution in [0.2, 0.25) is 0 Å². The third-order valence-electron chi connectivity index (χ3n) is 14.2. The molecule has 0 spiro atoms. The number of hydrogen-bond acceptors (Lipinski definition) is 14. The average Bonchev–Trinajstić information content (AvgIpc) is 3.34. The quantitative estimate of drug-likeness (QED) is 0.107. The van der Waals surface area contributed by atoms with E-state index in [2.05, 4.69) is 13.0 Å². The van der Waals surface area contributed by atoms with E-state index in [1.807, 2.05) is 27.7 Å². The second kappa shape index (κ2) is 17.8. The molecule has 10 atom stereocenters. The van der Waals surface area contributed by atoms with Gasteiger partial charge in [0.2, 0.25) is 0 Å². The van der Waals surface area contributed by atoms with E-state index in [0.717, 1.165) is 5.57 Å². The molecule has 14 nitrogen and oxygen atoms in total. The van der Waals surface area contributed by atoms with Crippen LogP contribution in [-0.2, 0) is 61.9 Å². The Balaban J connectivity index is 1.80. The zero-order valence-electron chi connectivity index (χ0n) is 36.8. The Labute approximate surface area is 343 Å². The maximum absolute atomic E-state index is 15.2. The first kappa shape index (κ1) is 47.5. The maximum atomic E-state index is 15.2. The van der Waals surface area contributed by atoms with Gasteiger partial charge in [-0.05, 0) is 89.9 Å². The van der Waals surface area contributed by atoms with Gasteiger partial charge >= 0.3 is 23.9 Å². The highest BCUT2D eigenvalue weighted by atomic mass is 16.6. The van der Waals surface area contributed by atoms with Gasteiger partial charge in [-0.1, -0.05) is 46.3 Å². The molecule has 1 unspecified atom stereocenters. The first-order valence-corrected chi connectivity index (χ1v) is 20.9. The van der Waals surface area contributed by atoms with E-state index in [4.69, 9.17) is 33.2 Å². The van der Waals surface area contributed by atoms with Gasteiger partial charge in [0, 0.05) is 56.3 Å². The predicted molar refractivity (Wildman–Crippen MR) is 210 cm³/mol. The number of hydrogen-bond donors (Lipinski definition) is 1. The fraction of sp³-hybridized carbons (Fsp3) is 0.818. The summed E-state index contributed by atoms with van der Waals surface area (Å²) in [4.78, 5) is 80.6. The van der Waals surface area contributed by atoms with Gasteiger partial charge in [0.05, 0.1) is 0 Å². The molecule has 0 heterocycles. The average molecular weight is 821 g/mol. The van der Waals surface area contributed by atoms with Crippen LogP contribution in [0, 0.1) is 39.4 Å². The molecule has 328 valence electrons. The summed E-state index contributed by atoms with van der Waals surface area (Å²) in [5, 5.41) is 12.5. The Bertz CT molecular complexity index is 1610. The van der Waals surface area contributed by atoms with E-state index in [1.54, 1.807) is 34.6 Å². The Hall–Kier alpha value is -3.20. The summed E-state index contributed by atoms with van der Waals surface area (Å²) in [5.41, 5.74) is -5.82. The molecule has 0 aromatic rings. The number of ether oxygens (including phenoxy) is 7. The molecule has 4 rings (SSSR count). The SMILES string of the molecule is CCOCC(=O)O[C@H]1C[C@@H]2C(=CC[C@@H]3[C@@]2(C)C(=O)C[C@]2(C)C([C@@](C)(O)C(=O)CCC(C)(C)OC(C)=O)[C@H](OC(=O)COCC)C[C@@]32C)C(C)(C)[C@@H]1OC(=O)COCC. The lowest BCUT2D eigenvalue weighted by atomic mass is 9.38. The number of rotatable bonds is 18. The number of aliphatic hydroxyl groups is 1. The fourth-order valence-corrected chi connectivity index (χ4v) is 11.3. The fourth-order valence-electron chi connectivity index (χ4n) is 11.3. The first-order valence-electron chi connectivity index (χ1n) is 20.9. The molecule has 3 saturated carbocycles. The Morgan fingerprint density at radius 2 is 1.31 bits per heavy atom. The molecule has 4 aliphatic rings. The van der Waals surface area contributed by atoms with Crippen molar-refractivity contribution in [1.82, 2.24) is 0 Å². The van der Waals surface area contributed by atoms with E-state index in [9.17, 15) is 29.1 Å². The summed E-state index contributed by atoms with van der Waals surface area (Å²) in [7, 11) is 0. The monoisotopic (exact) mass is 820 g/mol. The minimum Gasteiger partial charge on any atom is -0.460 e. The minimum atomic E-state index is -2.05. The summed E-state index contributed by atoms with van der Waals surface area (Å²) in [5.74, 6) is -4.73. The highest BCUT2D eigenvalue weighted by molar-refractivity contribution is 5.90. The van der Waals surface area contributed by atoms with Gasteiger partial charge in [-0.2, -0.15) is 0 Å². The van der Waals surface area contributed by atoms with Crippen molar-refractivity contribution in [2.75, 3.05) is 39.6 Å². The number of carbonyl (C=O) groups is 6. The topological polar surface area (TPSA) is 187 Å². The summed E-state index contributed by atoms with van der Waals surface area (Å²) in [6, 6.07) is 0. The van der Waals surface area contributed by atoms with Crippen LogP contribution in [0.25, 0.3) is 0 Å². The second-order valence-corrected chi connectivity index (χ2v) is 18.7. The maximum Gasteiger partial charge on any atom is 0.332 e. The van der Waals surface area contributed by atoms with Crippen LogP contribution in [0.5, 0.6) is 0 Å². The van der Waals surface area contributed by atoms with Crippen molar-refractivity contribution >= 4 is 35.4 Å². The Morgan fingerprint density at radius 3 is 1.83 bits per heavy atom. The molecular weight excluding hydrogens is 752 g/mol. The van der Waals surface area contributed by atoms with Crippen molar-refractivity contribution in [1.29, 1.82) is 0 Å². The van der Waals surface area contributed by atoms with Crippen LogP contribution in [-0.4, -0.2) is 110 Å². The summed E-state index contributed by atoms with van der Waals surface area (Å²) < 4.78 is 39.7. The smallest absolute Gasteiger partial charge is 0.332 e. The number of carbonyl (C=O) groups excluding carboxylic acids is 6. The van der Waals surface area contributed by atoms with Crippen LogP contribution in [0.1, 0.15) is 122 Å². The molecule has 4 aliphatic carbocycles. The van der Waals surface area contributed by atoms with Crippen molar-refractivity contribution in [3.8, 4) is 0 Å². The van der Waals surface area contributed by atoms with E-state index in [0.29, 0.717) is 19.6 Å². The van der Waals surface area contributed by atoms with Gasteiger partial charge in [0.25, 0.3) is 0 Å². The van der Waals surface area contributed by atoms with Crippen molar-refractivity contribution in [2.24, 2.45) is 39.4 Å². The van der Waals surface area contributed by atoms with E-state index < -0.39 is 92.7 Å². The van der Waals surface area contributed by atoms with Crippen LogP contribution < -0.4 is 0 Å². The van der Waals surface area contributed by atoms with Gasteiger partial charge < -0.3 is 38.3 Å². The molecule has 0 saturated heterocycles. The lowest BCUT2D eigenvalue weighted by molar-refractivity contribution is -0.201. The lowest BCUT2D eigenvalue weighted by Crippen LogP contribution is -2.66. The molecule has 14 heteroatoms. The largest absolute Gasteiger partial charge is 0.460 e. The zero-order chi connectivity index (χ0) is 43.6. The first-order chi connectivity index (χ1) is 26.9. The number of allylic oxidation sites excluding steroid dienone is 1. The normalized spacial score (nSPS) is 33.7. The molecule has 58 heavy (non-hydrogen) atoms. The Morgan fingerprint density at radius 1 is 0.793 bits per heavy atom. The molecule has 0 aromatic heterocycles. The summed E-state index contributed by atoms with van der Waals surface area (Å²) in [6.45, 7) is 21.2. The lowest BCUT2D eigenvalue weighted by Gasteiger charge is -2.65. The number of ketones is 2. The zero-order valence-corrected chi connectivity index (χ0v) is 36.8. The number of Topliss-reactive ketones (excluding diaryl/α,β-unsaturated/α-hetero) is 2. The summed E-state index contributed by atoms with van der Waals surface area (Å²) >= 11 is 0.